The fourth-order valence-corrected chi connectivity index (χ4v) is 2.66. The molecule has 1 aromatic rings. The second kappa shape index (κ2) is 6.31. The fraction of sp³-hybridized carbons (Fsp3) is 0.667. The van der Waals surface area contributed by atoms with Crippen LogP contribution in [0.25, 0.3) is 0 Å². The van der Waals surface area contributed by atoms with E-state index in [-0.39, 0.29) is 11.9 Å². The van der Waals surface area contributed by atoms with Crippen LogP contribution in [0.2, 0.25) is 0 Å². The molecule has 0 radical (unpaired) electrons. The molecular formula is C15H24N4O. The van der Waals surface area contributed by atoms with E-state index in [0.717, 1.165) is 19.6 Å². The Morgan fingerprint density at radius 3 is 2.40 bits per heavy atom. The van der Waals surface area contributed by atoms with Crippen LogP contribution in [-0.2, 0) is 0 Å². The van der Waals surface area contributed by atoms with Crippen LogP contribution < -0.4 is 0 Å². The van der Waals surface area contributed by atoms with Gasteiger partial charge in [0.15, 0.2) is 0 Å². The molecule has 1 aromatic heterocycles. The lowest BCUT2D eigenvalue weighted by Crippen LogP contribution is -2.58. The minimum absolute atomic E-state index is 0.0484. The summed E-state index contributed by atoms with van der Waals surface area (Å²) in [7, 11) is 0. The number of carbonyl (C=O) groups is 1. The van der Waals surface area contributed by atoms with E-state index in [2.05, 4.69) is 42.6 Å². The van der Waals surface area contributed by atoms with Gasteiger partial charge in [0.1, 0.15) is 0 Å². The number of aromatic nitrogens is 2. The molecule has 2 heterocycles. The Labute approximate surface area is 121 Å². The second-order valence-electron chi connectivity index (χ2n) is 5.97. The van der Waals surface area contributed by atoms with Gasteiger partial charge in [-0.3, -0.25) is 9.69 Å². The molecule has 1 amide bonds. The van der Waals surface area contributed by atoms with Crippen molar-refractivity contribution in [2.45, 2.75) is 39.8 Å². The van der Waals surface area contributed by atoms with Gasteiger partial charge in [-0.25, -0.2) is 9.97 Å². The first-order valence-electron chi connectivity index (χ1n) is 7.32. The van der Waals surface area contributed by atoms with Gasteiger partial charge in [-0.15, -0.1) is 0 Å². The number of amides is 1. The number of rotatable bonds is 3. The van der Waals surface area contributed by atoms with Crippen molar-refractivity contribution < 1.29 is 4.79 Å². The molecule has 1 fully saturated rings. The highest BCUT2D eigenvalue weighted by atomic mass is 16.2. The predicted octanol–water partition coefficient (Wildman–Crippen LogP) is 1.67. The summed E-state index contributed by atoms with van der Waals surface area (Å²) in [4.78, 5) is 25.1. The van der Waals surface area contributed by atoms with Crippen LogP contribution in [0.5, 0.6) is 0 Å². The molecule has 0 spiro atoms. The Morgan fingerprint density at radius 2 is 1.85 bits per heavy atom. The molecule has 20 heavy (non-hydrogen) atoms. The van der Waals surface area contributed by atoms with E-state index in [9.17, 15) is 4.79 Å². The first-order chi connectivity index (χ1) is 9.50. The van der Waals surface area contributed by atoms with Crippen LogP contribution in [-0.4, -0.2) is 57.4 Å². The number of nitrogens with zero attached hydrogens (tertiary/aromatic N) is 4. The summed E-state index contributed by atoms with van der Waals surface area (Å²) in [6, 6.07) is 2.47. The van der Waals surface area contributed by atoms with Crippen molar-refractivity contribution in [3.05, 3.63) is 24.3 Å². The van der Waals surface area contributed by atoms with Gasteiger partial charge in [-0.05, 0) is 25.8 Å². The lowest BCUT2D eigenvalue weighted by molar-refractivity contribution is 0.0261. The van der Waals surface area contributed by atoms with Crippen LogP contribution in [0, 0.1) is 5.92 Å². The van der Waals surface area contributed by atoms with Crippen LogP contribution in [0.15, 0.2) is 18.5 Å². The second-order valence-corrected chi connectivity index (χ2v) is 5.97. The van der Waals surface area contributed by atoms with Gasteiger partial charge < -0.3 is 4.90 Å². The van der Waals surface area contributed by atoms with E-state index in [0.29, 0.717) is 17.8 Å². The highest BCUT2D eigenvalue weighted by Gasteiger charge is 2.34. The zero-order valence-corrected chi connectivity index (χ0v) is 12.8. The van der Waals surface area contributed by atoms with Gasteiger partial charge in [0.05, 0.1) is 0 Å². The van der Waals surface area contributed by atoms with E-state index in [1.54, 1.807) is 18.5 Å². The molecule has 5 heteroatoms. The summed E-state index contributed by atoms with van der Waals surface area (Å²) >= 11 is 0. The van der Waals surface area contributed by atoms with Gasteiger partial charge in [0, 0.05) is 44.1 Å². The lowest BCUT2D eigenvalue weighted by Gasteiger charge is -2.44. The molecule has 0 saturated carbocycles. The summed E-state index contributed by atoms with van der Waals surface area (Å²) in [6.45, 7) is 11.3. The van der Waals surface area contributed by atoms with Crippen molar-refractivity contribution in [3.8, 4) is 0 Å². The van der Waals surface area contributed by atoms with Gasteiger partial charge in [0.25, 0.3) is 5.91 Å². The molecule has 1 aliphatic rings. The Hall–Kier alpha value is -1.49. The molecule has 0 aromatic carbocycles. The Balaban J connectivity index is 2.16. The van der Waals surface area contributed by atoms with Crippen LogP contribution >= 0.6 is 0 Å². The Morgan fingerprint density at radius 1 is 1.20 bits per heavy atom. The predicted molar refractivity (Wildman–Crippen MR) is 78.4 cm³/mol. The van der Waals surface area contributed by atoms with E-state index >= 15 is 0 Å². The summed E-state index contributed by atoms with van der Waals surface area (Å²) in [6.07, 6.45) is 3.24. The summed E-state index contributed by atoms with van der Waals surface area (Å²) < 4.78 is 0. The molecule has 1 saturated heterocycles. The van der Waals surface area contributed by atoms with E-state index < -0.39 is 0 Å². The molecule has 5 nitrogen and oxygen atoms in total. The van der Waals surface area contributed by atoms with Crippen molar-refractivity contribution in [3.63, 3.8) is 0 Å². The summed E-state index contributed by atoms with van der Waals surface area (Å²) in [5.41, 5.74) is 0. The highest BCUT2D eigenvalue weighted by molar-refractivity contribution is 5.90. The van der Waals surface area contributed by atoms with Gasteiger partial charge in [-0.2, -0.15) is 0 Å². The van der Waals surface area contributed by atoms with E-state index in [1.165, 1.54) is 0 Å². The summed E-state index contributed by atoms with van der Waals surface area (Å²) in [5.74, 6) is 0.674. The first kappa shape index (κ1) is 14.9. The normalized spacial score (nSPS) is 20.7. The molecule has 110 valence electrons. The zero-order chi connectivity index (χ0) is 14.7. The molecular weight excluding hydrogens is 252 g/mol. The monoisotopic (exact) mass is 276 g/mol. The van der Waals surface area contributed by atoms with E-state index in [1.807, 2.05) is 4.90 Å². The van der Waals surface area contributed by atoms with Crippen molar-refractivity contribution in [1.29, 1.82) is 0 Å². The third kappa shape index (κ3) is 3.15. The zero-order valence-electron chi connectivity index (χ0n) is 12.8. The van der Waals surface area contributed by atoms with Crippen molar-refractivity contribution in [2.24, 2.45) is 5.92 Å². The first-order valence-corrected chi connectivity index (χ1v) is 7.32. The minimum atomic E-state index is -0.0484. The molecule has 0 aliphatic carbocycles. The fourth-order valence-electron chi connectivity index (χ4n) is 2.66. The van der Waals surface area contributed by atoms with Crippen LogP contribution in [0.4, 0.5) is 0 Å². The SMILES string of the molecule is CC(C)C1CN(C(C)C)CCN1C(=O)c1ncccn1. The smallest absolute Gasteiger partial charge is 0.292 e. The third-order valence-electron chi connectivity index (χ3n) is 3.97. The molecule has 1 unspecified atom stereocenters. The van der Waals surface area contributed by atoms with Gasteiger partial charge in [0.2, 0.25) is 5.82 Å². The lowest BCUT2D eigenvalue weighted by atomic mass is 9.98. The molecule has 1 atom stereocenters. The van der Waals surface area contributed by atoms with E-state index in [4.69, 9.17) is 0 Å². The third-order valence-corrected chi connectivity index (χ3v) is 3.97. The Bertz CT molecular complexity index is 446. The van der Waals surface area contributed by atoms with Crippen LogP contribution in [0.3, 0.4) is 0 Å². The number of carbonyl (C=O) groups excluding carboxylic acids is 1. The molecule has 2 rings (SSSR count). The molecule has 1 aliphatic heterocycles. The topological polar surface area (TPSA) is 49.3 Å². The average Bonchev–Trinajstić information content (AvgIpc) is 2.46. The number of hydrogen-bond acceptors (Lipinski definition) is 4. The average molecular weight is 276 g/mol. The van der Waals surface area contributed by atoms with Crippen molar-refractivity contribution in [2.75, 3.05) is 19.6 Å². The quantitative estimate of drug-likeness (QED) is 0.842. The maximum atomic E-state index is 12.6. The van der Waals surface area contributed by atoms with Gasteiger partial charge >= 0.3 is 0 Å². The number of hydrogen-bond donors (Lipinski definition) is 0. The standard InChI is InChI=1S/C15H24N4O/c1-11(2)13-10-18(12(3)4)8-9-19(13)15(20)14-16-6-5-7-17-14/h5-7,11-13H,8-10H2,1-4H3. The molecule has 0 N–H and O–H groups in total. The van der Waals surface area contributed by atoms with Crippen molar-refractivity contribution >= 4 is 5.91 Å². The Kier molecular flexibility index (Phi) is 4.70. The molecule has 0 bridgehead atoms. The van der Waals surface area contributed by atoms with Gasteiger partial charge in [-0.1, -0.05) is 13.8 Å². The summed E-state index contributed by atoms with van der Waals surface area (Å²) in [5, 5.41) is 0. The van der Waals surface area contributed by atoms with Crippen molar-refractivity contribution in [1.82, 2.24) is 19.8 Å². The van der Waals surface area contributed by atoms with Crippen LogP contribution in [0.1, 0.15) is 38.3 Å². The maximum Gasteiger partial charge on any atom is 0.292 e. The highest BCUT2D eigenvalue weighted by Crippen LogP contribution is 2.20. The maximum absolute atomic E-state index is 12.6. The number of piperazine rings is 1. The largest absolute Gasteiger partial charge is 0.330 e. The minimum Gasteiger partial charge on any atom is -0.330 e.